The molecule has 0 bridgehead atoms. The lowest BCUT2D eigenvalue weighted by molar-refractivity contribution is -0.134. The first kappa shape index (κ1) is 22.0. The molecular weight excluding hydrogens is 472 g/mol. The zero-order chi connectivity index (χ0) is 19.5. The Balaban J connectivity index is 2.91. The van der Waals surface area contributed by atoms with Crippen LogP contribution in [0.3, 0.4) is 0 Å². The molecule has 0 aliphatic rings. The molecule has 0 aromatic heterocycles. The van der Waals surface area contributed by atoms with Crippen LogP contribution in [0.4, 0.5) is 23.7 Å². The fourth-order valence-corrected chi connectivity index (χ4v) is 3.67. The summed E-state index contributed by atoms with van der Waals surface area (Å²) in [6.45, 7) is 5.10. The Labute approximate surface area is 158 Å². The van der Waals surface area contributed by atoms with Gasteiger partial charge in [-0.05, 0) is 68.0 Å². The lowest BCUT2D eigenvalue weighted by Crippen LogP contribution is -2.27. The van der Waals surface area contributed by atoms with Gasteiger partial charge in [0, 0.05) is 20.6 Å². The van der Waals surface area contributed by atoms with Crippen LogP contribution in [0.15, 0.2) is 23.1 Å². The topological polar surface area (TPSA) is 79.2 Å². The van der Waals surface area contributed by atoms with Gasteiger partial charge in [0.25, 0.3) is 0 Å². The molecule has 0 aliphatic heterocycles. The van der Waals surface area contributed by atoms with Crippen LogP contribution in [0.1, 0.15) is 33.6 Å². The molecule has 0 radical (unpaired) electrons. The van der Waals surface area contributed by atoms with E-state index in [0.717, 1.165) is 0 Å². The second-order valence-corrected chi connectivity index (χ2v) is 9.76. The number of nitrogens with one attached hydrogen (secondary N) is 2. The Morgan fingerprint density at radius 2 is 1.92 bits per heavy atom. The number of carbonyl (C=O) groups excluding carboxylic acids is 1. The van der Waals surface area contributed by atoms with E-state index >= 15 is 0 Å². The van der Waals surface area contributed by atoms with Crippen molar-refractivity contribution in [2.45, 2.75) is 50.3 Å². The maximum atomic E-state index is 12.4. The van der Waals surface area contributed by atoms with Crippen LogP contribution in [0.2, 0.25) is 0 Å². The number of anilines is 1. The van der Waals surface area contributed by atoms with E-state index in [1.54, 1.807) is 26.8 Å². The number of rotatable bonds is 5. The molecule has 0 fully saturated rings. The first-order valence-electron chi connectivity index (χ1n) is 7.32. The molecule has 0 saturated heterocycles. The minimum absolute atomic E-state index is 0.0705. The van der Waals surface area contributed by atoms with Crippen molar-refractivity contribution < 1.29 is 26.9 Å². The van der Waals surface area contributed by atoms with Crippen molar-refractivity contribution in [1.82, 2.24) is 0 Å². The molecule has 25 heavy (non-hydrogen) atoms. The molecule has 1 aromatic carbocycles. The van der Waals surface area contributed by atoms with Crippen molar-refractivity contribution in [2.24, 2.45) is 0 Å². The fourth-order valence-electron chi connectivity index (χ4n) is 1.81. The van der Waals surface area contributed by atoms with Gasteiger partial charge in [0.15, 0.2) is 0 Å². The van der Waals surface area contributed by atoms with Gasteiger partial charge < -0.3 is 4.74 Å². The first-order valence-corrected chi connectivity index (χ1v) is 10.1. The molecule has 1 aromatic rings. The van der Waals surface area contributed by atoms with Gasteiger partial charge in [0.05, 0.1) is 15.4 Å². The number of ether oxygens (including phenoxy) is 1. The minimum atomic E-state index is -4.34. The zero-order valence-corrected chi connectivity index (χ0v) is 17.0. The van der Waals surface area contributed by atoms with Crippen LogP contribution in [-0.2, 0) is 14.5 Å². The fraction of sp³-hybridized carbons (Fsp3) is 0.533. The van der Waals surface area contributed by atoms with Gasteiger partial charge in [-0.1, -0.05) is 0 Å². The smallest absolute Gasteiger partial charge is 0.412 e. The van der Waals surface area contributed by atoms with E-state index in [1.165, 1.54) is 12.1 Å². The van der Waals surface area contributed by atoms with E-state index in [9.17, 15) is 22.2 Å². The molecule has 1 amide bonds. The predicted octanol–water partition coefficient (Wildman–Crippen LogP) is 5.39. The number of alkyl halides is 3. The number of hydrogen-bond donors (Lipinski definition) is 2. The van der Waals surface area contributed by atoms with Crippen LogP contribution in [0.5, 0.6) is 0 Å². The summed E-state index contributed by atoms with van der Waals surface area (Å²) in [5, 5.41) is 2.50. The minimum Gasteiger partial charge on any atom is -0.444 e. The highest BCUT2D eigenvalue weighted by Gasteiger charge is 2.27. The standard InChI is InChI=1S/C15H20F3IN2O3S/c1-14(2,3)24-13(22)21-12-9-10(5-6-11(12)19)25(20,23)8-4-7-15(16,17)18/h5-6,9,20H,4,7-8H2,1-3H3,(H,21,22). The third kappa shape index (κ3) is 8.25. The van der Waals surface area contributed by atoms with Crippen molar-refractivity contribution in [3.05, 3.63) is 21.8 Å². The molecule has 142 valence electrons. The second-order valence-electron chi connectivity index (χ2n) is 6.37. The molecule has 5 nitrogen and oxygen atoms in total. The molecule has 1 rings (SSSR count). The summed E-state index contributed by atoms with van der Waals surface area (Å²) >= 11 is 1.94. The van der Waals surface area contributed by atoms with E-state index in [4.69, 9.17) is 9.52 Å². The normalized spacial score (nSPS) is 14.7. The van der Waals surface area contributed by atoms with Gasteiger partial charge in [0.2, 0.25) is 0 Å². The van der Waals surface area contributed by atoms with E-state index in [0.29, 0.717) is 9.26 Å². The monoisotopic (exact) mass is 492 g/mol. The number of amides is 1. The molecule has 0 heterocycles. The van der Waals surface area contributed by atoms with Crippen LogP contribution < -0.4 is 5.32 Å². The van der Waals surface area contributed by atoms with Crippen molar-refractivity contribution in [3.63, 3.8) is 0 Å². The van der Waals surface area contributed by atoms with E-state index in [2.05, 4.69) is 5.32 Å². The Kier molecular flexibility index (Phi) is 7.13. The summed E-state index contributed by atoms with van der Waals surface area (Å²) in [5.41, 5.74) is -0.406. The van der Waals surface area contributed by atoms with Crippen molar-refractivity contribution in [3.8, 4) is 0 Å². The maximum absolute atomic E-state index is 12.4. The maximum Gasteiger partial charge on any atom is 0.412 e. The second kappa shape index (κ2) is 8.11. The highest BCUT2D eigenvalue weighted by Crippen LogP contribution is 2.26. The lowest BCUT2D eigenvalue weighted by Gasteiger charge is -2.20. The van der Waals surface area contributed by atoms with Crippen molar-refractivity contribution >= 4 is 44.1 Å². The molecule has 0 spiro atoms. The summed E-state index contributed by atoms with van der Waals surface area (Å²) < 4.78 is 62.7. The van der Waals surface area contributed by atoms with Crippen molar-refractivity contribution in [1.29, 1.82) is 4.78 Å². The number of carbonyl (C=O) groups is 1. The average molecular weight is 492 g/mol. The third-order valence-corrected chi connectivity index (χ3v) is 5.67. The highest BCUT2D eigenvalue weighted by molar-refractivity contribution is 14.1. The van der Waals surface area contributed by atoms with Crippen LogP contribution in [-0.4, -0.2) is 27.8 Å². The molecule has 1 atom stereocenters. The molecule has 10 heteroatoms. The van der Waals surface area contributed by atoms with E-state index in [1.807, 2.05) is 22.6 Å². The van der Waals surface area contributed by atoms with Gasteiger partial charge in [-0.25, -0.2) is 13.8 Å². The van der Waals surface area contributed by atoms with E-state index in [-0.39, 0.29) is 4.90 Å². The third-order valence-electron chi connectivity index (χ3n) is 2.85. The highest BCUT2D eigenvalue weighted by atomic mass is 127. The zero-order valence-electron chi connectivity index (χ0n) is 14.0. The summed E-state index contributed by atoms with van der Waals surface area (Å²) in [5.74, 6) is -0.404. The van der Waals surface area contributed by atoms with Gasteiger partial charge in [-0.2, -0.15) is 13.2 Å². The van der Waals surface area contributed by atoms with E-state index < -0.39 is 46.2 Å². The Morgan fingerprint density at radius 1 is 1.32 bits per heavy atom. The van der Waals surface area contributed by atoms with Gasteiger partial charge in [-0.3, -0.25) is 5.32 Å². The summed E-state index contributed by atoms with van der Waals surface area (Å²) in [6.07, 6.45) is -6.54. The molecule has 1 unspecified atom stereocenters. The number of benzene rings is 1. The van der Waals surface area contributed by atoms with Crippen molar-refractivity contribution in [2.75, 3.05) is 11.1 Å². The molecule has 0 aliphatic carbocycles. The number of hydrogen-bond acceptors (Lipinski definition) is 4. The molecule has 0 saturated carbocycles. The summed E-state index contributed by atoms with van der Waals surface area (Å²) in [7, 11) is -3.39. The van der Waals surface area contributed by atoms with Crippen LogP contribution in [0, 0.1) is 8.35 Å². The predicted molar refractivity (Wildman–Crippen MR) is 98.3 cm³/mol. The first-order chi connectivity index (χ1) is 11.2. The largest absolute Gasteiger partial charge is 0.444 e. The summed E-state index contributed by atoms with van der Waals surface area (Å²) in [6, 6.07) is 4.31. The SMILES string of the molecule is CC(C)(C)OC(=O)Nc1cc(S(=N)(=O)CCCC(F)(F)F)ccc1I. The van der Waals surface area contributed by atoms with Gasteiger partial charge in [0.1, 0.15) is 5.60 Å². The van der Waals surface area contributed by atoms with Crippen LogP contribution in [0.25, 0.3) is 0 Å². The molecule has 2 N–H and O–H groups in total. The lowest BCUT2D eigenvalue weighted by atomic mass is 10.2. The Hall–Kier alpha value is -1.04. The Bertz CT molecular complexity index is 729. The average Bonchev–Trinajstić information content (AvgIpc) is 2.37. The molecular formula is C15H20F3IN2O3S. The quantitative estimate of drug-likeness (QED) is 0.542. The Morgan fingerprint density at radius 3 is 2.44 bits per heavy atom. The summed E-state index contributed by atoms with van der Waals surface area (Å²) in [4.78, 5) is 11.9. The van der Waals surface area contributed by atoms with Gasteiger partial charge in [-0.15, -0.1) is 0 Å². The van der Waals surface area contributed by atoms with Gasteiger partial charge >= 0.3 is 12.3 Å². The number of halogens is 4. The van der Waals surface area contributed by atoms with Crippen LogP contribution >= 0.6 is 22.6 Å².